The summed E-state index contributed by atoms with van der Waals surface area (Å²) in [6.07, 6.45) is -0.468. The van der Waals surface area contributed by atoms with Crippen molar-refractivity contribution in [3.63, 3.8) is 0 Å². The summed E-state index contributed by atoms with van der Waals surface area (Å²) in [6, 6.07) is 5.18. The van der Waals surface area contributed by atoms with E-state index in [1.807, 2.05) is 13.8 Å². The van der Waals surface area contributed by atoms with E-state index in [2.05, 4.69) is 5.32 Å². The molecule has 0 fully saturated rings. The molecule has 1 aromatic rings. The van der Waals surface area contributed by atoms with Crippen molar-refractivity contribution in [2.75, 3.05) is 34.0 Å². The van der Waals surface area contributed by atoms with Gasteiger partial charge < -0.3 is 24.3 Å². The SMILES string of the molecule is CCOC(CNC(=O)c1c(OC)cccc1OC)OCC. The average molecular weight is 297 g/mol. The molecule has 0 radical (unpaired) electrons. The fraction of sp³-hybridized carbons (Fsp3) is 0.533. The Morgan fingerprint density at radius 2 is 1.62 bits per heavy atom. The second kappa shape index (κ2) is 9.20. The van der Waals surface area contributed by atoms with Gasteiger partial charge in [-0.15, -0.1) is 0 Å². The third-order valence-corrected chi connectivity index (χ3v) is 2.79. The lowest BCUT2D eigenvalue weighted by Gasteiger charge is -2.18. The molecule has 0 aliphatic carbocycles. The molecule has 0 aromatic heterocycles. The molecule has 118 valence electrons. The van der Waals surface area contributed by atoms with Crippen molar-refractivity contribution >= 4 is 5.91 Å². The highest BCUT2D eigenvalue weighted by Gasteiger charge is 2.19. The molecule has 0 bridgehead atoms. The van der Waals surface area contributed by atoms with E-state index in [4.69, 9.17) is 18.9 Å². The average Bonchev–Trinajstić information content (AvgIpc) is 2.51. The molecule has 0 aliphatic heterocycles. The molecular weight excluding hydrogens is 274 g/mol. The highest BCUT2D eigenvalue weighted by Crippen LogP contribution is 2.27. The number of hydrogen-bond donors (Lipinski definition) is 1. The standard InChI is InChI=1S/C15H23NO5/c1-5-20-13(21-6-2)10-16-15(17)14-11(18-3)8-7-9-12(14)19-4/h7-9,13H,5-6,10H2,1-4H3,(H,16,17). The van der Waals surface area contributed by atoms with Gasteiger partial charge in [0, 0.05) is 13.2 Å². The van der Waals surface area contributed by atoms with E-state index in [9.17, 15) is 4.79 Å². The Bertz CT molecular complexity index is 421. The van der Waals surface area contributed by atoms with Crippen LogP contribution in [-0.4, -0.2) is 46.2 Å². The van der Waals surface area contributed by atoms with Gasteiger partial charge >= 0.3 is 0 Å². The lowest BCUT2D eigenvalue weighted by Crippen LogP contribution is -2.35. The Hall–Kier alpha value is -1.79. The predicted octanol–water partition coefficient (Wildman–Crippen LogP) is 1.83. The van der Waals surface area contributed by atoms with Gasteiger partial charge in [0.25, 0.3) is 5.91 Å². The zero-order valence-electron chi connectivity index (χ0n) is 13.0. The van der Waals surface area contributed by atoms with Crippen LogP contribution in [-0.2, 0) is 9.47 Å². The fourth-order valence-electron chi connectivity index (χ4n) is 1.88. The van der Waals surface area contributed by atoms with Crippen LogP contribution in [0, 0.1) is 0 Å². The number of nitrogens with one attached hydrogen (secondary N) is 1. The molecule has 0 aliphatic rings. The van der Waals surface area contributed by atoms with E-state index in [0.717, 1.165) is 0 Å². The normalized spacial score (nSPS) is 10.5. The number of rotatable bonds is 9. The zero-order valence-corrected chi connectivity index (χ0v) is 13.0. The van der Waals surface area contributed by atoms with Gasteiger partial charge in [-0.25, -0.2) is 0 Å². The minimum Gasteiger partial charge on any atom is -0.496 e. The Balaban J connectivity index is 2.79. The third kappa shape index (κ3) is 4.91. The van der Waals surface area contributed by atoms with Crippen LogP contribution in [0.5, 0.6) is 11.5 Å². The number of amides is 1. The van der Waals surface area contributed by atoms with Crippen molar-refractivity contribution in [1.29, 1.82) is 0 Å². The summed E-state index contributed by atoms with van der Waals surface area (Å²) in [5.41, 5.74) is 0.356. The van der Waals surface area contributed by atoms with Crippen LogP contribution in [0.2, 0.25) is 0 Å². The number of hydrogen-bond acceptors (Lipinski definition) is 5. The maximum atomic E-state index is 12.3. The monoisotopic (exact) mass is 297 g/mol. The minimum atomic E-state index is -0.468. The highest BCUT2D eigenvalue weighted by molar-refractivity contribution is 5.99. The van der Waals surface area contributed by atoms with E-state index < -0.39 is 6.29 Å². The van der Waals surface area contributed by atoms with Crippen molar-refractivity contribution in [3.8, 4) is 11.5 Å². The molecule has 1 amide bonds. The second-order valence-corrected chi connectivity index (χ2v) is 4.09. The van der Waals surface area contributed by atoms with Gasteiger partial charge in [0.05, 0.1) is 20.8 Å². The number of carbonyl (C=O) groups is 1. The Kier molecular flexibility index (Phi) is 7.56. The summed E-state index contributed by atoms with van der Waals surface area (Å²) in [5, 5.41) is 2.77. The number of methoxy groups -OCH3 is 2. The van der Waals surface area contributed by atoms with E-state index >= 15 is 0 Å². The number of carbonyl (C=O) groups excluding carboxylic acids is 1. The second-order valence-electron chi connectivity index (χ2n) is 4.09. The van der Waals surface area contributed by atoms with Crippen LogP contribution in [0.4, 0.5) is 0 Å². The predicted molar refractivity (Wildman–Crippen MR) is 78.9 cm³/mol. The molecule has 0 unspecified atom stereocenters. The van der Waals surface area contributed by atoms with E-state index in [-0.39, 0.29) is 12.5 Å². The van der Waals surface area contributed by atoms with Gasteiger partial charge in [-0.05, 0) is 26.0 Å². The van der Waals surface area contributed by atoms with Crippen LogP contribution in [0.25, 0.3) is 0 Å². The third-order valence-electron chi connectivity index (χ3n) is 2.79. The van der Waals surface area contributed by atoms with Gasteiger partial charge in [-0.1, -0.05) is 6.07 Å². The van der Waals surface area contributed by atoms with E-state index in [0.29, 0.717) is 30.3 Å². The van der Waals surface area contributed by atoms with Crippen molar-refractivity contribution in [2.45, 2.75) is 20.1 Å². The molecule has 1 aromatic carbocycles. The smallest absolute Gasteiger partial charge is 0.259 e. The summed E-state index contributed by atoms with van der Waals surface area (Å²) < 4.78 is 21.2. The maximum Gasteiger partial charge on any atom is 0.259 e. The Morgan fingerprint density at radius 1 is 1.10 bits per heavy atom. The van der Waals surface area contributed by atoms with Crippen LogP contribution in [0.15, 0.2) is 18.2 Å². The molecular formula is C15H23NO5. The fourth-order valence-corrected chi connectivity index (χ4v) is 1.88. The first-order valence-corrected chi connectivity index (χ1v) is 6.90. The van der Waals surface area contributed by atoms with Gasteiger partial charge in [-0.3, -0.25) is 4.79 Å². The quantitative estimate of drug-likeness (QED) is 0.704. The largest absolute Gasteiger partial charge is 0.496 e. The van der Waals surface area contributed by atoms with Gasteiger partial charge in [0.2, 0.25) is 0 Å². The topological polar surface area (TPSA) is 66.0 Å². The lowest BCUT2D eigenvalue weighted by atomic mass is 10.1. The summed E-state index contributed by atoms with van der Waals surface area (Å²) >= 11 is 0. The van der Waals surface area contributed by atoms with Crippen LogP contribution >= 0.6 is 0 Å². The van der Waals surface area contributed by atoms with Crippen molar-refractivity contribution in [2.24, 2.45) is 0 Å². The zero-order chi connectivity index (χ0) is 15.7. The van der Waals surface area contributed by atoms with Crippen molar-refractivity contribution in [3.05, 3.63) is 23.8 Å². The molecule has 0 saturated heterocycles. The summed E-state index contributed by atoms with van der Waals surface area (Å²) in [7, 11) is 3.02. The molecule has 0 saturated carbocycles. The van der Waals surface area contributed by atoms with E-state index in [1.54, 1.807) is 18.2 Å². The number of ether oxygens (including phenoxy) is 4. The molecule has 6 heteroatoms. The summed E-state index contributed by atoms with van der Waals surface area (Å²) in [5.74, 6) is 0.612. The van der Waals surface area contributed by atoms with Crippen molar-refractivity contribution < 1.29 is 23.7 Å². The molecule has 21 heavy (non-hydrogen) atoms. The molecule has 1 rings (SSSR count). The van der Waals surface area contributed by atoms with Crippen molar-refractivity contribution in [1.82, 2.24) is 5.32 Å². The van der Waals surface area contributed by atoms with Crippen LogP contribution in [0.1, 0.15) is 24.2 Å². The molecule has 1 N–H and O–H groups in total. The first kappa shape index (κ1) is 17.3. The molecule has 0 heterocycles. The molecule has 0 spiro atoms. The Morgan fingerprint density at radius 3 is 2.05 bits per heavy atom. The first-order valence-electron chi connectivity index (χ1n) is 6.90. The van der Waals surface area contributed by atoms with E-state index in [1.165, 1.54) is 14.2 Å². The summed E-state index contributed by atoms with van der Waals surface area (Å²) in [4.78, 5) is 12.3. The van der Waals surface area contributed by atoms with Gasteiger partial charge in [0.15, 0.2) is 6.29 Å². The first-order chi connectivity index (χ1) is 10.2. The van der Waals surface area contributed by atoms with Gasteiger partial charge in [-0.2, -0.15) is 0 Å². The number of benzene rings is 1. The lowest BCUT2D eigenvalue weighted by molar-refractivity contribution is -0.131. The van der Waals surface area contributed by atoms with Crippen LogP contribution < -0.4 is 14.8 Å². The maximum absolute atomic E-state index is 12.3. The molecule has 0 atom stereocenters. The minimum absolute atomic E-state index is 0.252. The van der Waals surface area contributed by atoms with Crippen LogP contribution in [0.3, 0.4) is 0 Å². The Labute approximate surface area is 125 Å². The highest BCUT2D eigenvalue weighted by atomic mass is 16.7. The summed E-state index contributed by atoms with van der Waals surface area (Å²) in [6.45, 7) is 5.02. The van der Waals surface area contributed by atoms with Gasteiger partial charge in [0.1, 0.15) is 17.1 Å². The molecule has 6 nitrogen and oxygen atoms in total.